The van der Waals surface area contributed by atoms with Crippen LogP contribution in [0, 0.1) is 11.2 Å². The minimum Gasteiger partial charge on any atom is -0.497 e. The van der Waals surface area contributed by atoms with Gasteiger partial charge >= 0.3 is 18.1 Å². The molecule has 1 aromatic heterocycles. The van der Waals surface area contributed by atoms with Crippen LogP contribution in [0.25, 0.3) is 0 Å². The molecule has 0 radical (unpaired) electrons. The van der Waals surface area contributed by atoms with Crippen LogP contribution in [0.15, 0.2) is 64.8 Å². The van der Waals surface area contributed by atoms with E-state index in [4.69, 9.17) is 45.3 Å². The van der Waals surface area contributed by atoms with Gasteiger partial charge in [0.05, 0.1) is 7.11 Å². The van der Waals surface area contributed by atoms with Crippen molar-refractivity contribution in [3.8, 4) is 11.5 Å². The Balaban J connectivity index is 2.05. The zero-order chi connectivity index (χ0) is 36.0. The minimum atomic E-state index is -1.44. The average Bonchev–Trinajstić information content (AvgIpc) is 3.06. The molecule has 0 saturated carbocycles. The number of amidine groups is 3. The second kappa shape index (κ2) is 17.7. The number of hydrogen-bond acceptors (Lipinski definition) is 13. The van der Waals surface area contributed by atoms with Gasteiger partial charge in [-0.15, -0.1) is 0 Å². The first-order valence-electron chi connectivity index (χ1n) is 14.4. The second-order valence-corrected chi connectivity index (χ2v) is 10.4. The van der Waals surface area contributed by atoms with E-state index in [0.29, 0.717) is 11.3 Å². The van der Waals surface area contributed by atoms with Gasteiger partial charge in [0.15, 0.2) is 11.6 Å². The van der Waals surface area contributed by atoms with Crippen LogP contribution in [0.5, 0.6) is 11.5 Å². The van der Waals surface area contributed by atoms with Crippen LogP contribution in [-0.2, 0) is 23.7 Å². The van der Waals surface area contributed by atoms with Crippen molar-refractivity contribution in [2.75, 3.05) is 39.1 Å². The maximum absolute atomic E-state index is 16.1. The van der Waals surface area contributed by atoms with E-state index >= 15 is 4.39 Å². The highest BCUT2D eigenvalue weighted by Crippen LogP contribution is 2.33. The summed E-state index contributed by atoms with van der Waals surface area (Å²) in [5.74, 6) is -2.09. The summed E-state index contributed by atoms with van der Waals surface area (Å²) in [5.41, 5.74) is 11.3. The third-order valence-corrected chi connectivity index (χ3v) is 6.06. The van der Waals surface area contributed by atoms with Crippen molar-refractivity contribution in [1.82, 2.24) is 9.97 Å². The lowest BCUT2D eigenvalue weighted by atomic mass is 10.0. The molecule has 262 valence electrons. The molecule has 0 amide bonds. The lowest BCUT2D eigenvalue weighted by Crippen LogP contribution is -2.32. The van der Waals surface area contributed by atoms with Crippen LogP contribution in [0.2, 0.25) is 0 Å². The Morgan fingerprint density at radius 3 is 2.37 bits per heavy atom. The Kier molecular flexibility index (Phi) is 13.5. The number of ether oxygens (including phenoxy) is 6. The van der Waals surface area contributed by atoms with Crippen molar-refractivity contribution >= 4 is 41.5 Å². The van der Waals surface area contributed by atoms with Crippen LogP contribution in [0.4, 0.5) is 25.2 Å². The third kappa shape index (κ3) is 11.9. The molecule has 6 N–H and O–H groups in total. The molecule has 3 rings (SSSR count). The van der Waals surface area contributed by atoms with Gasteiger partial charge in [0, 0.05) is 42.2 Å². The fraction of sp³-hybridized carbons (Fsp3) is 0.323. The quantitative estimate of drug-likeness (QED) is 0.0585. The highest BCUT2D eigenvalue weighted by Gasteiger charge is 2.26. The van der Waals surface area contributed by atoms with Crippen LogP contribution in [0.1, 0.15) is 37.9 Å². The number of anilines is 1. The summed E-state index contributed by atoms with van der Waals surface area (Å²) < 4.78 is 60.2. The van der Waals surface area contributed by atoms with Crippen molar-refractivity contribution in [3.63, 3.8) is 0 Å². The average molecular weight is 687 g/mol. The highest BCUT2D eigenvalue weighted by molar-refractivity contribution is 5.99. The smallest absolute Gasteiger partial charge is 0.497 e. The first-order chi connectivity index (χ1) is 23.3. The third-order valence-electron chi connectivity index (χ3n) is 6.06. The van der Waals surface area contributed by atoms with Crippen molar-refractivity contribution in [2.24, 2.45) is 21.5 Å². The summed E-state index contributed by atoms with van der Waals surface area (Å²) in [6.45, 7) is 1.82. The number of rotatable bonds is 15. The van der Waals surface area contributed by atoms with E-state index in [1.165, 1.54) is 58.5 Å². The summed E-state index contributed by atoms with van der Waals surface area (Å²) in [4.78, 5) is 39.5. The Morgan fingerprint density at radius 2 is 1.76 bits per heavy atom. The van der Waals surface area contributed by atoms with Gasteiger partial charge in [-0.2, -0.15) is 9.98 Å². The SMILES string of the molecule is COc1cc(OCCOC(C)=O)c(F)c(C(Nc2ccc(C(=N)N)cc2)C(N)=NC(=Nc2ncccn2)OCOC(=O)OC(C)(C)CF)c1. The number of nitrogens with one attached hydrogen (secondary N) is 2. The normalized spacial score (nSPS) is 12.4. The van der Waals surface area contributed by atoms with Crippen molar-refractivity contribution < 1.29 is 46.8 Å². The number of esters is 1. The van der Waals surface area contributed by atoms with Crippen molar-refractivity contribution in [1.29, 1.82) is 5.41 Å². The first-order valence-corrected chi connectivity index (χ1v) is 14.4. The number of halogens is 2. The van der Waals surface area contributed by atoms with Gasteiger partial charge in [0.1, 0.15) is 49.0 Å². The Morgan fingerprint density at radius 1 is 1.06 bits per heavy atom. The van der Waals surface area contributed by atoms with Gasteiger partial charge in [0.25, 0.3) is 5.95 Å². The number of aliphatic imine (C=N–C) groups is 2. The first kappa shape index (κ1) is 37.4. The van der Waals surface area contributed by atoms with Crippen molar-refractivity contribution in [3.05, 3.63) is 71.8 Å². The highest BCUT2D eigenvalue weighted by atomic mass is 19.1. The number of methoxy groups -OCH3 is 1. The number of carbonyl (C=O) groups is 2. The van der Waals surface area contributed by atoms with E-state index in [-0.39, 0.29) is 47.9 Å². The van der Waals surface area contributed by atoms with Crippen LogP contribution in [-0.4, -0.2) is 79.2 Å². The maximum Gasteiger partial charge on any atom is 0.511 e. The molecule has 0 fully saturated rings. The molecular weight excluding hydrogens is 650 g/mol. The lowest BCUT2D eigenvalue weighted by Gasteiger charge is -2.23. The standard InChI is InChI=1S/C31H36F2N8O8/c1-18(42)45-12-13-46-23-15-21(44-4)14-22(24(23)33)25(39-20-8-6-19(7-9-20)26(34)35)27(36)40-29(41-28-37-10-5-11-38-28)47-17-48-30(43)49-31(2,3)16-32/h5-11,14-15,25,39H,12-13,16-17H2,1-4H3,(H3,34,35)(H2,36,37,38,40,41). The molecule has 0 aliphatic carbocycles. The zero-order valence-electron chi connectivity index (χ0n) is 27.1. The summed E-state index contributed by atoms with van der Waals surface area (Å²) in [6, 6.07) is 8.66. The largest absolute Gasteiger partial charge is 0.511 e. The lowest BCUT2D eigenvalue weighted by molar-refractivity contribution is -0.141. The van der Waals surface area contributed by atoms with E-state index in [1.807, 2.05) is 0 Å². The molecular formula is C31H36F2N8O8. The van der Waals surface area contributed by atoms with Crippen LogP contribution < -0.4 is 26.3 Å². The molecule has 0 aliphatic rings. The van der Waals surface area contributed by atoms with Gasteiger partial charge in [-0.25, -0.2) is 23.5 Å². The fourth-order valence-corrected chi connectivity index (χ4v) is 3.70. The maximum atomic E-state index is 16.1. The number of nitrogens with two attached hydrogens (primary N) is 2. The molecule has 49 heavy (non-hydrogen) atoms. The summed E-state index contributed by atoms with van der Waals surface area (Å²) >= 11 is 0. The van der Waals surface area contributed by atoms with Crippen LogP contribution >= 0.6 is 0 Å². The molecule has 2 aromatic carbocycles. The van der Waals surface area contributed by atoms with Gasteiger partial charge in [-0.1, -0.05) is 0 Å². The Labute approximate surface area is 280 Å². The summed E-state index contributed by atoms with van der Waals surface area (Å²) in [6.07, 6.45) is 1.56. The minimum absolute atomic E-state index is 0.109. The molecule has 0 bridgehead atoms. The monoisotopic (exact) mass is 686 g/mol. The van der Waals surface area contributed by atoms with E-state index in [2.05, 4.69) is 25.3 Å². The number of aromatic nitrogens is 2. The number of hydrogen-bond donors (Lipinski definition) is 4. The predicted molar refractivity (Wildman–Crippen MR) is 173 cm³/mol. The molecule has 1 atom stereocenters. The fourth-order valence-electron chi connectivity index (χ4n) is 3.70. The number of alkyl halides is 1. The molecule has 16 nitrogen and oxygen atoms in total. The zero-order valence-corrected chi connectivity index (χ0v) is 27.1. The van der Waals surface area contributed by atoms with Crippen molar-refractivity contribution in [2.45, 2.75) is 32.4 Å². The molecule has 3 aromatic rings. The molecule has 18 heteroatoms. The van der Waals surface area contributed by atoms with Gasteiger partial charge in [-0.05, 0) is 50.2 Å². The Bertz CT molecular complexity index is 1660. The number of nitrogen functional groups attached to an aromatic ring is 1. The van der Waals surface area contributed by atoms with Gasteiger partial charge in [0.2, 0.25) is 6.79 Å². The van der Waals surface area contributed by atoms with Gasteiger partial charge in [-0.3, -0.25) is 10.2 Å². The molecule has 1 heterocycles. The van der Waals surface area contributed by atoms with E-state index in [0.717, 1.165) is 0 Å². The van der Waals surface area contributed by atoms with Crippen LogP contribution in [0.3, 0.4) is 0 Å². The van der Waals surface area contributed by atoms with E-state index < -0.39 is 49.1 Å². The molecule has 0 saturated heterocycles. The second-order valence-electron chi connectivity index (χ2n) is 10.4. The number of carbonyl (C=O) groups excluding carboxylic acids is 2. The van der Waals surface area contributed by atoms with E-state index in [9.17, 15) is 14.0 Å². The van der Waals surface area contributed by atoms with Gasteiger partial charge < -0.3 is 45.2 Å². The predicted octanol–water partition coefficient (Wildman–Crippen LogP) is 3.92. The summed E-state index contributed by atoms with van der Waals surface area (Å²) in [7, 11) is 1.36. The molecule has 0 aliphatic heterocycles. The molecule has 0 spiro atoms. The summed E-state index contributed by atoms with van der Waals surface area (Å²) in [5, 5.41) is 10.7. The topological polar surface area (TPSA) is 228 Å². The number of benzene rings is 2. The van der Waals surface area contributed by atoms with E-state index in [1.54, 1.807) is 24.3 Å². The number of nitrogens with zero attached hydrogens (tertiary/aromatic N) is 4. The Hall–Kier alpha value is -6.07. The molecule has 1 unspecified atom stereocenters.